The highest BCUT2D eigenvalue weighted by Crippen LogP contribution is 2.20. The van der Waals surface area contributed by atoms with Gasteiger partial charge in [0.05, 0.1) is 6.20 Å². The molecule has 0 fully saturated rings. The Morgan fingerprint density at radius 1 is 1.57 bits per heavy atom. The standard InChI is InChI=1S/C8H12F3N3/c1-5(12)7-3-13-14(6(7)2)4-8(9,10)11/h3,5H,4,12H2,1-2H3/t5-/m1/s1. The van der Waals surface area contributed by atoms with Crippen LogP contribution in [0.1, 0.15) is 24.2 Å². The van der Waals surface area contributed by atoms with Crippen LogP contribution in [0.5, 0.6) is 0 Å². The van der Waals surface area contributed by atoms with E-state index < -0.39 is 12.7 Å². The minimum Gasteiger partial charge on any atom is -0.324 e. The van der Waals surface area contributed by atoms with Gasteiger partial charge in [0.1, 0.15) is 6.54 Å². The second kappa shape index (κ2) is 3.61. The highest BCUT2D eigenvalue weighted by molar-refractivity contribution is 5.19. The normalized spacial score (nSPS) is 14.4. The van der Waals surface area contributed by atoms with Crippen LogP contribution in [0.4, 0.5) is 13.2 Å². The van der Waals surface area contributed by atoms with E-state index in [1.54, 1.807) is 13.8 Å². The summed E-state index contributed by atoms with van der Waals surface area (Å²) < 4.78 is 37.0. The van der Waals surface area contributed by atoms with E-state index in [0.717, 1.165) is 4.68 Å². The van der Waals surface area contributed by atoms with Gasteiger partial charge in [-0.2, -0.15) is 18.3 Å². The monoisotopic (exact) mass is 207 g/mol. The van der Waals surface area contributed by atoms with Crippen molar-refractivity contribution in [1.82, 2.24) is 9.78 Å². The summed E-state index contributed by atoms with van der Waals surface area (Å²) in [5.41, 5.74) is 6.67. The van der Waals surface area contributed by atoms with Crippen LogP contribution < -0.4 is 5.73 Å². The first-order valence-electron chi connectivity index (χ1n) is 4.16. The van der Waals surface area contributed by atoms with Crippen molar-refractivity contribution in [3.05, 3.63) is 17.5 Å². The maximum Gasteiger partial charge on any atom is 0.408 e. The second-order valence-electron chi connectivity index (χ2n) is 3.25. The van der Waals surface area contributed by atoms with Crippen molar-refractivity contribution < 1.29 is 13.2 Å². The minimum absolute atomic E-state index is 0.294. The van der Waals surface area contributed by atoms with E-state index in [1.807, 2.05) is 0 Å². The highest BCUT2D eigenvalue weighted by atomic mass is 19.4. The molecule has 0 aromatic carbocycles. The average molecular weight is 207 g/mol. The number of hydrogen-bond acceptors (Lipinski definition) is 2. The fourth-order valence-corrected chi connectivity index (χ4v) is 1.24. The van der Waals surface area contributed by atoms with Crippen molar-refractivity contribution in [3.63, 3.8) is 0 Å². The highest BCUT2D eigenvalue weighted by Gasteiger charge is 2.29. The summed E-state index contributed by atoms with van der Waals surface area (Å²) in [4.78, 5) is 0. The third-order valence-corrected chi connectivity index (χ3v) is 1.96. The molecule has 1 aromatic rings. The zero-order chi connectivity index (χ0) is 10.9. The molecule has 0 amide bonds. The summed E-state index contributed by atoms with van der Waals surface area (Å²) in [7, 11) is 0. The van der Waals surface area contributed by atoms with Crippen LogP contribution in [-0.2, 0) is 6.54 Å². The van der Waals surface area contributed by atoms with Crippen LogP contribution >= 0.6 is 0 Å². The van der Waals surface area contributed by atoms with Gasteiger partial charge in [0.2, 0.25) is 0 Å². The van der Waals surface area contributed by atoms with Gasteiger partial charge in [0.15, 0.2) is 0 Å². The molecule has 1 heterocycles. The maximum absolute atomic E-state index is 12.0. The number of alkyl halides is 3. The fraction of sp³-hybridized carbons (Fsp3) is 0.625. The van der Waals surface area contributed by atoms with Crippen LogP contribution in [0.25, 0.3) is 0 Å². The molecular weight excluding hydrogens is 195 g/mol. The molecule has 3 nitrogen and oxygen atoms in total. The van der Waals surface area contributed by atoms with Crippen LogP contribution in [0.3, 0.4) is 0 Å². The molecule has 1 aromatic heterocycles. The summed E-state index contributed by atoms with van der Waals surface area (Å²) in [6.45, 7) is 2.23. The van der Waals surface area contributed by atoms with Crippen LogP contribution in [0.15, 0.2) is 6.20 Å². The summed E-state index contributed by atoms with van der Waals surface area (Å²) >= 11 is 0. The minimum atomic E-state index is -4.24. The molecule has 1 atom stereocenters. The third kappa shape index (κ3) is 2.47. The Bertz CT molecular complexity index is 314. The first-order chi connectivity index (χ1) is 6.31. The van der Waals surface area contributed by atoms with E-state index in [0.29, 0.717) is 11.3 Å². The van der Waals surface area contributed by atoms with Crippen molar-refractivity contribution in [2.24, 2.45) is 5.73 Å². The van der Waals surface area contributed by atoms with Gasteiger partial charge in [0.25, 0.3) is 0 Å². The molecule has 0 radical (unpaired) electrons. The lowest BCUT2D eigenvalue weighted by Crippen LogP contribution is -2.20. The van der Waals surface area contributed by atoms with Crippen molar-refractivity contribution in [2.75, 3.05) is 0 Å². The molecule has 6 heteroatoms. The van der Waals surface area contributed by atoms with Gasteiger partial charge in [0, 0.05) is 17.3 Å². The van der Waals surface area contributed by atoms with Crippen LogP contribution in [0.2, 0.25) is 0 Å². The van der Waals surface area contributed by atoms with Crippen molar-refractivity contribution in [1.29, 1.82) is 0 Å². The van der Waals surface area contributed by atoms with E-state index in [1.165, 1.54) is 6.20 Å². The fourth-order valence-electron chi connectivity index (χ4n) is 1.24. The number of rotatable bonds is 2. The van der Waals surface area contributed by atoms with Gasteiger partial charge in [-0.15, -0.1) is 0 Å². The number of nitrogens with zero attached hydrogens (tertiary/aromatic N) is 2. The Hall–Kier alpha value is -1.04. The van der Waals surface area contributed by atoms with Crippen molar-refractivity contribution in [2.45, 2.75) is 32.6 Å². The lowest BCUT2D eigenvalue weighted by molar-refractivity contribution is -0.142. The second-order valence-corrected chi connectivity index (χ2v) is 3.25. The predicted molar refractivity (Wildman–Crippen MR) is 45.6 cm³/mol. The Morgan fingerprint density at radius 2 is 2.14 bits per heavy atom. The first kappa shape index (κ1) is 11.0. The third-order valence-electron chi connectivity index (χ3n) is 1.96. The Morgan fingerprint density at radius 3 is 2.50 bits per heavy atom. The SMILES string of the molecule is Cc1c([C@@H](C)N)cnn1CC(F)(F)F. The zero-order valence-electron chi connectivity index (χ0n) is 7.97. The Labute approximate surface area is 79.7 Å². The summed E-state index contributed by atoms with van der Waals surface area (Å²) in [5, 5.41) is 3.64. The summed E-state index contributed by atoms with van der Waals surface area (Å²) in [6, 6.07) is -0.294. The summed E-state index contributed by atoms with van der Waals surface area (Å²) in [6.07, 6.45) is -2.86. The molecule has 0 aliphatic heterocycles. The van der Waals surface area contributed by atoms with Gasteiger partial charge < -0.3 is 5.73 Å². The number of halogens is 3. The van der Waals surface area contributed by atoms with E-state index >= 15 is 0 Å². The largest absolute Gasteiger partial charge is 0.408 e. The van der Waals surface area contributed by atoms with Gasteiger partial charge in [-0.3, -0.25) is 4.68 Å². The number of aromatic nitrogens is 2. The molecule has 0 bridgehead atoms. The Balaban J connectivity index is 2.91. The predicted octanol–water partition coefficient (Wildman–Crippen LogP) is 1.77. The molecule has 80 valence electrons. The van der Waals surface area contributed by atoms with E-state index in [9.17, 15) is 13.2 Å². The zero-order valence-corrected chi connectivity index (χ0v) is 7.97. The molecule has 0 aliphatic carbocycles. The Kier molecular flexibility index (Phi) is 2.84. The molecule has 0 saturated carbocycles. The topological polar surface area (TPSA) is 43.8 Å². The first-order valence-corrected chi connectivity index (χ1v) is 4.16. The van der Waals surface area contributed by atoms with E-state index in [-0.39, 0.29) is 6.04 Å². The molecular formula is C8H12F3N3. The molecule has 2 N–H and O–H groups in total. The molecule has 0 saturated heterocycles. The maximum atomic E-state index is 12.0. The van der Waals surface area contributed by atoms with Gasteiger partial charge in [-0.25, -0.2) is 0 Å². The molecule has 0 aliphatic rings. The molecule has 0 spiro atoms. The average Bonchev–Trinajstić information content (AvgIpc) is 2.29. The molecule has 0 unspecified atom stereocenters. The van der Waals surface area contributed by atoms with E-state index in [4.69, 9.17) is 5.73 Å². The van der Waals surface area contributed by atoms with Crippen molar-refractivity contribution >= 4 is 0 Å². The summed E-state index contributed by atoms with van der Waals surface area (Å²) in [5.74, 6) is 0. The lowest BCUT2D eigenvalue weighted by Gasteiger charge is -2.09. The lowest BCUT2D eigenvalue weighted by atomic mass is 10.1. The van der Waals surface area contributed by atoms with Crippen LogP contribution in [-0.4, -0.2) is 16.0 Å². The van der Waals surface area contributed by atoms with Crippen LogP contribution in [0, 0.1) is 6.92 Å². The van der Waals surface area contributed by atoms with Crippen molar-refractivity contribution in [3.8, 4) is 0 Å². The van der Waals surface area contributed by atoms with Gasteiger partial charge in [-0.05, 0) is 13.8 Å². The van der Waals surface area contributed by atoms with Gasteiger partial charge in [-0.1, -0.05) is 0 Å². The quantitative estimate of drug-likeness (QED) is 0.803. The molecule has 1 rings (SSSR count). The smallest absolute Gasteiger partial charge is 0.324 e. The number of hydrogen-bond donors (Lipinski definition) is 1. The molecule has 14 heavy (non-hydrogen) atoms. The number of nitrogens with two attached hydrogens (primary N) is 1. The van der Waals surface area contributed by atoms with Gasteiger partial charge >= 0.3 is 6.18 Å². The van der Waals surface area contributed by atoms with E-state index in [2.05, 4.69) is 5.10 Å².